The van der Waals surface area contributed by atoms with Crippen LogP contribution in [0, 0.1) is 11.8 Å². The smallest absolute Gasteiger partial charge is 0.250 e. The molecule has 21 heteroatoms. The molecule has 6 aromatic rings. The lowest BCUT2D eigenvalue weighted by Crippen LogP contribution is -2.55. The molecule has 481 valence electrons. The van der Waals surface area contributed by atoms with E-state index in [-0.39, 0.29) is 55.1 Å². The van der Waals surface area contributed by atoms with Crippen LogP contribution in [-0.2, 0) is 53.2 Å². The highest BCUT2D eigenvalue weighted by Crippen LogP contribution is 2.47. The Morgan fingerprint density at radius 1 is 0.478 bits per heavy atom. The second kappa shape index (κ2) is 31.2. The van der Waals surface area contributed by atoms with Crippen LogP contribution in [-0.4, -0.2) is 133 Å². The molecule has 0 atom stereocenters. The van der Waals surface area contributed by atoms with E-state index in [4.69, 9.17) is 34.8 Å². The molecular weight excluding hydrogens is 1220 g/mol. The van der Waals surface area contributed by atoms with Crippen molar-refractivity contribution < 1.29 is 33.6 Å². The largest absolute Gasteiger partial charge is 0.350 e. The number of hydrogen-bond donors (Lipinski definition) is 4. The Morgan fingerprint density at radius 2 is 0.804 bits per heavy atom. The highest BCUT2D eigenvalue weighted by atomic mass is 35.5. The van der Waals surface area contributed by atoms with Crippen LogP contribution in [0.5, 0.6) is 0 Å². The number of carbonyl (C=O) groups excluding carboxylic acids is 7. The van der Waals surface area contributed by atoms with E-state index in [0.29, 0.717) is 92.2 Å². The van der Waals surface area contributed by atoms with Gasteiger partial charge in [-0.15, -0.1) is 0 Å². The van der Waals surface area contributed by atoms with Crippen LogP contribution in [0.4, 0.5) is 17.1 Å². The maximum absolute atomic E-state index is 13.7. The third-order valence-electron chi connectivity index (χ3n) is 18.9. The van der Waals surface area contributed by atoms with Crippen LogP contribution in [0.1, 0.15) is 87.8 Å². The molecule has 17 nitrogen and oxygen atoms in total. The van der Waals surface area contributed by atoms with E-state index in [9.17, 15) is 33.6 Å². The van der Waals surface area contributed by atoms with Crippen molar-refractivity contribution in [2.45, 2.75) is 114 Å². The molecule has 0 unspecified atom stereocenters. The average molecular weight is 1300 g/mol. The van der Waals surface area contributed by atoms with E-state index in [0.717, 1.165) is 97.9 Å². The zero-order chi connectivity index (χ0) is 64.7. The van der Waals surface area contributed by atoms with Crippen molar-refractivity contribution in [3.8, 4) is 0 Å². The lowest BCUT2D eigenvalue weighted by molar-refractivity contribution is -0.137. The number of piperidine rings is 1. The van der Waals surface area contributed by atoms with Gasteiger partial charge in [0.05, 0.1) is 26.2 Å². The van der Waals surface area contributed by atoms with E-state index < -0.39 is 16.6 Å². The topological polar surface area (TPSA) is 187 Å². The number of nitrogens with one attached hydrogen (secondary N) is 4. The maximum Gasteiger partial charge on any atom is 0.250 e. The van der Waals surface area contributed by atoms with E-state index >= 15 is 0 Å². The molecule has 1 radical (unpaired) electrons. The van der Waals surface area contributed by atoms with Gasteiger partial charge in [-0.3, -0.25) is 28.8 Å². The molecule has 4 aliphatic heterocycles. The second-order valence-electron chi connectivity index (χ2n) is 25.0. The zero-order valence-corrected chi connectivity index (χ0v) is 54.4. The standard InChI is InChI=1S/C25H28BClN3O3.C24H28ClN3O2.C22H25ClN4O2/c27-21-7-4-8-22(13-21)30-18-29(16-23(32)28-15-20-5-2-1-3-6-20)24(33)25(30)11-9-19(10-12-25)14-26-17-31;1-18-10-12-24(13-11-18)23(30)27(17-28(24)21-9-5-8-20(25)14-21)16-22(29)26-15-19-6-3-2-4-7-19;23-18-7-4-8-19(13-18)27-16-26(21(29)22(27)9-11-24-12-10-22)15-20(28)25-14-17-5-2-1-3-6-17/h1-8,13,17,19H,9-12,14-16,18H2,(H,28,32);2-9,14,18H,10-13,15-17H2,1H3,(H,26,29);1-8,13,24H,9-12,14-16H2,(H,25,28). The van der Waals surface area contributed by atoms with Crippen molar-refractivity contribution in [1.29, 1.82) is 0 Å². The molecule has 4 N–H and O–H groups in total. The maximum atomic E-state index is 13.7. The Hall–Kier alpha value is -7.90. The van der Waals surface area contributed by atoms with Crippen LogP contribution < -0.4 is 36.0 Å². The summed E-state index contributed by atoms with van der Waals surface area (Å²) >= 11 is 18.7. The number of amides is 6. The number of hydrogen-bond acceptors (Lipinski definition) is 11. The molecule has 3 spiro atoms. The van der Waals surface area contributed by atoms with Crippen LogP contribution in [0.15, 0.2) is 164 Å². The minimum atomic E-state index is -0.679. The third-order valence-corrected chi connectivity index (χ3v) is 19.6. The van der Waals surface area contributed by atoms with Gasteiger partial charge in [0.1, 0.15) is 36.3 Å². The molecule has 2 saturated carbocycles. The molecule has 6 fully saturated rings. The van der Waals surface area contributed by atoms with Crippen LogP contribution in [0.3, 0.4) is 0 Å². The first kappa shape index (κ1) is 67.0. The highest BCUT2D eigenvalue weighted by molar-refractivity contribution is 6.66. The van der Waals surface area contributed by atoms with E-state index in [1.165, 1.54) is 0 Å². The summed E-state index contributed by atoms with van der Waals surface area (Å²) in [5, 5.41) is 14.0. The Labute approximate surface area is 555 Å². The first-order valence-corrected chi connectivity index (χ1v) is 33.1. The van der Waals surface area contributed by atoms with Gasteiger partial charge in [0.2, 0.25) is 35.4 Å². The number of halogens is 3. The molecule has 0 aromatic heterocycles. The van der Waals surface area contributed by atoms with Gasteiger partial charge in [-0.2, -0.15) is 0 Å². The van der Waals surface area contributed by atoms with Gasteiger partial charge >= 0.3 is 0 Å². The SMILES string of the molecule is CC1CCC2(CC1)C(=O)N(CC(=O)NCc1ccccc1)CN2c1cccc(Cl)c1.O=C(CN1CN(c2cccc(Cl)c2)C2(CCNCC2)C1=O)NCc1ccccc1.O=C[B]CC1CCC2(CC1)C(=O)N(CC(=O)NCc1ccccc1)CN2c1cccc(Cl)c1. The van der Waals surface area contributed by atoms with Gasteiger partial charge in [-0.25, -0.2) is 0 Å². The van der Waals surface area contributed by atoms with Crippen LogP contribution in [0.25, 0.3) is 0 Å². The van der Waals surface area contributed by atoms with Crippen LogP contribution in [0.2, 0.25) is 21.4 Å². The van der Waals surface area contributed by atoms with Gasteiger partial charge in [-0.05, 0) is 160 Å². The van der Waals surface area contributed by atoms with Crippen molar-refractivity contribution in [2.24, 2.45) is 11.8 Å². The summed E-state index contributed by atoms with van der Waals surface area (Å²) in [5.41, 5.74) is 3.97. The summed E-state index contributed by atoms with van der Waals surface area (Å²) in [7, 11) is 1.66. The first-order valence-electron chi connectivity index (χ1n) is 32.0. The number of carbonyl (C=O) groups is 7. The monoisotopic (exact) mass is 1300 g/mol. The predicted octanol–water partition coefficient (Wildman–Crippen LogP) is 10.1. The lowest BCUT2D eigenvalue weighted by atomic mass is 9.65. The predicted molar refractivity (Wildman–Crippen MR) is 364 cm³/mol. The lowest BCUT2D eigenvalue weighted by Gasteiger charge is -2.42. The van der Waals surface area contributed by atoms with E-state index in [2.05, 4.69) is 42.9 Å². The van der Waals surface area contributed by atoms with Crippen LogP contribution >= 0.6 is 34.8 Å². The summed E-state index contributed by atoms with van der Waals surface area (Å²) in [6.07, 6.45) is 9.76. The molecule has 4 heterocycles. The summed E-state index contributed by atoms with van der Waals surface area (Å²) in [5.74, 6) is 0.627. The summed E-state index contributed by atoms with van der Waals surface area (Å²) in [6, 6.07) is 52.0. The molecule has 2 aliphatic carbocycles. The molecule has 4 saturated heterocycles. The minimum absolute atomic E-state index is 0.00449. The van der Waals surface area contributed by atoms with Gasteiger partial charge in [0, 0.05) is 51.8 Å². The van der Waals surface area contributed by atoms with Gasteiger partial charge in [0.15, 0.2) is 7.28 Å². The van der Waals surface area contributed by atoms with Crippen molar-refractivity contribution in [3.05, 3.63) is 196 Å². The van der Waals surface area contributed by atoms with Crippen molar-refractivity contribution in [2.75, 3.05) is 67.4 Å². The summed E-state index contributed by atoms with van der Waals surface area (Å²) in [6.45, 7) is 6.42. The first-order chi connectivity index (χ1) is 44.6. The Bertz CT molecular complexity index is 3520. The fraction of sp³-hybridized carbons (Fsp3) is 0.394. The van der Waals surface area contributed by atoms with Crippen molar-refractivity contribution in [1.82, 2.24) is 36.0 Å². The molecular formula is C71H81BCl3N10O7. The third kappa shape index (κ3) is 16.1. The number of nitrogens with zero attached hydrogens (tertiary/aromatic N) is 6. The van der Waals surface area contributed by atoms with Gasteiger partial charge < -0.3 is 55.5 Å². The Morgan fingerprint density at radius 3 is 1.13 bits per heavy atom. The molecule has 0 bridgehead atoms. The highest BCUT2D eigenvalue weighted by Gasteiger charge is 2.56. The van der Waals surface area contributed by atoms with E-state index in [1.54, 1.807) is 22.0 Å². The fourth-order valence-corrected chi connectivity index (χ4v) is 14.4. The Kier molecular flexibility index (Phi) is 22.7. The number of anilines is 3. The minimum Gasteiger partial charge on any atom is -0.350 e. The second-order valence-corrected chi connectivity index (χ2v) is 26.3. The van der Waals surface area contributed by atoms with Gasteiger partial charge in [0.25, 0.3) is 0 Å². The normalized spacial score (nSPS) is 21.6. The average Bonchev–Trinajstić information content (AvgIpc) is 1.60. The fourth-order valence-electron chi connectivity index (χ4n) is 13.9. The number of rotatable bonds is 18. The zero-order valence-electron chi connectivity index (χ0n) is 52.1. The number of benzene rings is 6. The summed E-state index contributed by atoms with van der Waals surface area (Å²) < 4.78 is 0. The molecule has 12 rings (SSSR count). The molecule has 6 amide bonds. The van der Waals surface area contributed by atoms with E-state index in [1.807, 2.05) is 164 Å². The van der Waals surface area contributed by atoms with Crippen molar-refractivity contribution in [3.63, 3.8) is 0 Å². The quantitative estimate of drug-likeness (QED) is 0.0474. The van der Waals surface area contributed by atoms with Gasteiger partial charge in [-0.1, -0.05) is 157 Å². The molecule has 6 aliphatic rings. The summed E-state index contributed by atoms with van der Waals surface area (Å²) in [4.78, 5) is 101. The molecule has 92 heavy (non-hydrogen) atoms. The van der Waals surface area contributed by atoms with Crippen molar-refractivity contribution >= 4 is 101 Å². The molecule has 6 aromatic carbocycles. The Balaban J connectivity index is 0.000000152.